The lowest BCUT2D eigenvalue weighted by molar-refractivity contribution is -0.140. The molecule has 0 aromatic heterocycles. The molecule has 0 aliphatic carbocycles. The number of hydrogen-bond acceptors (Lipinski definition) is 8. The van der Waals surface area contributed by atoms with Crippen LogP contribution in [0.2, 0.25) is 0 Å². The molecular weight excluding hydrogens is 482 g/mol. The molecule has 192 valence electrons. The van der Waals surface area contributed by atoms with E-state index in [9.17, 15) is 9.50 Å². The van der Waals surface area contributed by atoms with Gasteiger partial charge in [-0.3, -0.25) is 4.99 Å². The van der Waals surface area contributed by atoms with Crippen LogP contribution in [0.1, 0.15) is 12.5 Å². The monoisotopic (exact) mass is 514 g/mol. The van der Waals surface area contributed by atoms with Gasteiger partial charge in [0, 0.05) is 18.8 Å². The van der Waals surface area contributed by atoms with Crippen molar-refractivity contribution in [3.8, 4) is 0 Å². The number of nitrogens with zero attached hydrogens (tertiary/aromatic N) is 4. The minimum atomic E-state index is -1.29. The first-order chi connectivity index (χ1) is 17.3. The average molecular weight is 515 g/mol. The number of allylic oxidation sites excluding steroid dienone is 6. The fourth-order valence-corrected chi connectivity index (χ4v) is 4.47. The summed E-state index contributed by atoms with van der Waals surface area (Å²) in [5.41, 5.74) is 0.854. The van der Waals surface area contributed by atoms with Crippen LogP contribution in [-0.4, -0.2) is 67.9 Å². The molecule has 0 bridgehead atoms. The number of aliphatic hydroxyl groups excluding tert-OH is 1. The molecule has 2 aliphatic rings. The number of hydrogen-bond donors (Lipinski definition) is 1. The maximum atomic E-state index is 13.7. The Balaban J connectivity index is 1.93. The highest BCUT2D eigenvalue weighted by Gasteiger charge is 2.51. The van der Waals surface area contributed by atoms with Crippen LogP contribution in [0.25, 0.3) is 0 Å². The smallest absolute Gasteiger partial charge is 0.261 e. The summed E-state index contributed by atoms with van der Waals surface area (Å²) in [5.74, 6) is 1.20. The Morgan fingerprint density at radius 1 is 1.47 bits per heavy atom. The highest BCUT2D eigenvalue weighted by Crippen LogP contribution is 2.38. The molecule has 0 amide bonds. The summed E-state index contributed by atoms with van der Waals surface area (Å²) in [4.78, 5) is 13.5. The number of aliphatic hydroxyl groups is 1. The highest BCUT2D eigenvalue weighted by atomic mass is 31.0. The standard InChI is InChI=1S/C26H32FN4O4P/c1-6-7-19(12-21(33-5)16-30(4)15-18(2)28-3)13-23-25-29-35-26(17-32,31(25)10-11-34-23)22-9-8-20(27)14-24(22)36/h6-9,12-15,32H,1,3,10-11,16-17,36H2,2,4-5H3/b18-15-,19-7+,21-12+,23-13-. The molecule has 2 aliphatic heterocycles. The molecule has 1 aromatic carbocycles. The Morgan fingerprint density at radius 2 is 2.25 bits per heavy atom. The van der Waals surface area contributed by atoms with Gasteiger partial charge in [0.05, 0.1) is 25.9 Å². The van der Waals surface area contributed by atoms with Crippen LogP contribution < -0.4 is 5.30 Å². The number of rotatable bonds is 10. The van der Waals surface area contributed by atoms with Gasteiger partial charge in [-0.25, -0.2) is 4.39 Å². The van der Waals surface area contributed by atoms with Gasteiger partial charge in [0.15, 0.2) is 5.76 Å². The molecule has 2 unspecified atom stereocenters. The van der Waals surface area contributed by atoms with E-state index in [-0.39, 0.29) is 12.4 Å². The molecule has 0 saturated carbocycles. The van der Waals surface area contributed by atoms with Crippen molar-refractivity contribution in [1.82, 2.24) is 9.80 Å². The number of morpholine rings is 1. The van der Waals surface area contributed by atoms with E-state index < -0.39 is 5.72 Å². The molecular formula is C26H32FN4O4P. The molecule has 1 fully saturated rings. The summed E-state index contributed by atoms with van der Waals surface area (Å²) in [5, 5.41) is 15.2. The lowest BCUT2D eigenvalue weighted by Gasteiger charge is -2.39. The number of oxime groups is 1. The summed E-state index contributed by atoms with van der Waals surface area (Å²) < 4.78 is 25.3. The maximum absolute atomic E-state index is 13.7. The number of ether oxygens (including phenoxy) is 2. The second-order valence-electron chi connectivity index (χ2n) is 8.25. The number of likely N-dealkylation sites (N-methyl/N-ethyl adjacent to an activating group) is 1. The van der Waals surface area contributed by atoms with Gasteiger partial charge in [0.1, 0.15) is 24.8 Å². The molecule has 1 N–H and O–H groups in total. The highest BCUT2D eigenvalue weighted by molar-refractivity contribution is 7.27. The Kier molecular flexibility index (Phi) is 9.07. The zero-order valence-electron chi connectivity index (χ0n) is 20.8. The Labute approximate surface area is 213 Å². The summed E-state index contributed by atoms with van der Waals surface area (Å²) in [6, 6.07) is 4.30. The van der Waals surface area contributed by atoms with Gasteiger partial charge in [-0.15, -0.1) is 9.24 Å². The van der Waals surface area contributed by atoms with Crippen LogP contribution in [0.5, 0.6) is 0 Å². The number of aliphatic imine (C=N–C) groups is 1. The molecule has 8 nitrogen and oxygen atoms in total. The summed E-state index contributed by atoms with van der Waals surface area (Å²) in [6.45, 7) is 10.1. The third-order valence-corrected chi connectivity index (χ3v) is 6.15. The van der Waals surface area contributed by atoms with Gasteiger partial charge in [-0.05, 0) is 54.9 Å². The fraction of sp³-hybridized carbons (Fsp3) is 0.308. The topological polar surface area (TPSA) is 79.1 Å². The van der Waals surface area contributed by atoms with Gasteiger partial charge < -0.3 is 29.2 Å². The first-order valence-corrected chi connectivity index (χ1v) is 11.8. The van der Waals surface area contributed by atoms with E-state index in [0.717, 1.165) is 11.3 Å². The number of amidine groups is 1. The van der Waals surface area contributed by atoms with Crippen LogP contribution >= 0.6 is 9.24 Å². The van der Waals surface area contributed by atoms with Crippen molar-refractivity contribution >= 4 is 27.1 Å². The minimum Gasteiger partial charge on any atom is -0.499 e. The average Bonchev–Trinajstić information content (AvgIpc) is 3.24. The summed E-state index contributed by atoms with van der Waals surface area (Å²) in [6.07, 6.45) is 9.02. The zero-order valence-corrected chi connectivity index (χ0v) is 21.9. The minimum absolute atomic E-state index is 0.340. The predicted octanol–water partition coefficient (Wildman–Crippen LogP) is 3.17. The maximum Gasteiger partial charge on any atom is 0.261 e. The van der Waals surface area contributed by atoms with E-state index in [0.29, 0.717) is 47.9 Å². The van der Waals surface area contributed by atoms with Crippen molar-refractivity contribution in [2.45, 2.75) is 12.6 Å². The van der Waals surface area contributed by atoms with Gasteiger partial charge >= 0.3 is 0 Å². The SMILES string of the molecule is C=C/C=C(/C=C1\OCCN2C1=NOC2(CO)c1ccc(F)cc1P)\C=C(/CN(C)/C=C(/C)N=C)OC. The fourth-order valence-electron chi connectivity index (χ4n) is 3.99. The zero-order chi connectivity index (χ0) is 26.3. The van der Waals surface area contributed by atoms with Gasteiger partial charge in [0.25, 0.3) is 5.72 Å². The molecule has 1 saturated heterocycles. The third kappa shape index (κ3) is 5.86. The molecule has 36 heavy (non-hydrogen) atoms. The largest absolute Gasteiger partial charge is 0.499 e. The second-order valence-corrected chi connectivity index (χ2v) is 8.87. The lowest BCUT2D eigenvalue weighted by atomic mass is 10.00. The van der Waals surface area contributed by atoms with E-state index in [1.54, 1.807) is 25.3 Å². The van der Waals surface area contributed by atoms with Gasteiger partial charge in [-0.1, -0.05) is 23.9 Å². The molecule has 0 spiro atoms. The molecule has 0 radical (unpaired) electrons. The molecule has 2 heterocycles. The first-order valence-electron chi connectivity index (χ1n) is 11.3. The Bertz CT molecular complexity index is 1160. The van der Waals surface area contributed by atoms with Gasteiger partial charge in [-0.2, -0.15) is 0 Å². The normalized spacial score (nSPS) is 21.4. The van der Waals surface area contributed by atoms with E-state index in [1.807, 2.05) is 42.1 Å². The van der Waals surface area contributed by atoms with Crippen molar-refractivity contribution in [3.63, 3.8) is 0 Å². The van der Waals surface area contributed by atoms with Crippen LogP contribution in [0.4, 0.5) is 4.39 Å². The van der Waals surface area contributed by atoms with Crippen molar-refractivity contribution in [2.75, 3.05) is 40.5 Å². The van der Waals surface area contributed by atoms with Crippen LogP contribution in [0, 0.1) is 5.82 Å². The molecule has 1 aromatic rings. The number of benzene rings is 1. The van der Waals surface area contributed by atoms with Crippen molar-refractivity contribution in [1.29, 1.82) is 0 Å². The first kappa shape index (κ1) is 27.2. The predicted molar refractivity (Wildman–Crippen MR) is 143 cm³/mol. The van der Waals surface area contributed by atoms with Crippen molar-refractivity contribution in [3.05, 3.63) is 89.5 Å². The summed E-state index contributed by atoms with van der Waals surface area (Å²) >= 11 is 0. The third-order valence-electron chi connectivity index (χ3n) is 5.68. The number of halogens is 1. The summed E-state index contributed by atoms with van der Waals surface area (Å²) in [7, 11) is 6.00. The molecule has 2 atom stereocenters. The molecule has 3 rings (SSSR count). The van der Waals surface area contributed by atoms with E-state index >= 15 is 0 Å². The van der Waals surface area contributed by atoms with Crippen molar-refractivity contribution in [2.24, 2.45) is 10.1 Å². The van der Waals surface area contributed by atoms with Crippen molar-refractivity contribution < 1.29 is 23.8 Å². The van der Waals surface area contributed by atoms with Crippen LogP contribution in [-0.2, 0) is 20.0 Å². The molecule has 10 heteroatoms. The quantitative estimate of drug-likeness (QED) is 0.224. The van der Waals surface area contributed by atoms with E-state index in [1.165, 1.54) is 12.1 Å². The number of methoxy groups -OCH3 is 1. The van der Waals surface area contributed by atoms with Gasteiger partial charge in [0.2, 0.25) is 5.84 Å². The number of fused-ring (bicyclic) bond motifs is 1. The second kappa shape index (κ2) is 12.0. The lowest BCUT2D eigenvalue weighted by Crippen LogP contribution is -2.54. The Hall–Kier alpha value is -3.42. The van der Waals surface area contributed by atoms with Crippen LogP contribution in [0.15, 0.2) is 88.2 Å². The van der Waals surface area contributed by atoms with E-state index in [4.69, 9.17) is 14.3 Å². The van der Waals surface area contributed by atoms with E-state index in [2.05, 4.69) is 32.7 Å². The van der Waals surface area contributed by atoms with Crippen LogP contribution in [0.3, 0.4) is 0 Å². The Morgan fingerprint density at radius 3 is 2.89 bits per heavy atom.